The largest absolute Gasteiger partial charge is 0.309 e. The summed E-state index contributed by atoms with van der Waals surface area (Å²) in [5, 5.41) is 4.28. The van der Waals surface area contributed by atoms with E-state index in [-0.39, 0.29) is 13.8 Å². The Morgan fingerprint density at radius 1 is 1.47 bits per heavy atom. The molecule has 0 aliphatic rings. The molecule has 19 heavy (non-hydrogen) atoms. The molecule has 0 aromatic carbocycles. The molecule has 0 spiro atoms. The zero-order valence-electron chi connectivity index (χ0n) is 11.8. The van der Waals surface area contributed by atoms with E-state index < -0.39 is 10.0 Å². The zero-order chi connectivity index (χ0) is 14.6. The third-order valence-electron chi connectivity index (χ3n) is 2.74. The summed E-state index contributed by atoms with van der Waals surface area (Å²) in [5.41, 5.74) is 0.926. The Bertz CT molecular complexity index is 512. The Kier molecular flexibility index (Phi) is 6.34. The van der Waals surface area contributed by atoms with Gasteiger partial charge in [0.15, 0.2) is 5.03 Å². The van der Waals surface area contributed by atoms with Crippen LogP contribution in [0.3, 0.4) is 0 Å². The summed E-state index contributed by atoms with van der Waals surface area (Å²) in [6.07, 6.45) is 1.17. The molecule has 9 heteroatoms. The maximum atomic E-state index is 12.3. The van der Waals surface area contributed by atoms with Gasteiger partial charge in [-0.2, -0.15) is 9.17 Å². The van der Waals surface area contributed by atoms with E-state index in [1.54, 1.807) is 17.8 Å². The van der Waals surface area contributed by atoms with Crippen LogP contribution in [-0.2, 0) is 23.5 Å². The van der Waals surface area contributed by atoms with Gasteiger partial charge < -0.3 is 4.90 Å². The second-order valence-corrected chi connectivity index (χ2v) is 7.90. The van der Waals surface area contributed by atoms with Crippen LogP contribution in [0.4, 0.5) is 0 Å². The summed E-state index contributed by atoms with van der Waals surface area (Å²) in [7, 11) is 4.93. The molecule has 0 fully saturated rings. The fraction of sp³-hybridized carbons (Fsp3) is 0.700. The topological polar surface area (TPSA) is 58.4 Å². The average Bonchev–Trinajstić information content (AvgIpc) is 2.70. The van der Waals surface area contributed by atoms with E-state index in [2.05, 4.69) is 19.2 Å². The molecule has 1 heterocycles. The first-order valence-electron chi connectivity index (χ1n) is 5.90. The highest BCUT2D eigenvalue weighted by Crippen LogP contribution is 2.25. The van der Waals surface area contributed by atoms with Crippen molar-refractivity contribution in [1.82, 2.24) is 18.8 Å². The highest BCUT2D eigenvalue weighted by Gasteiger charge is 2.25. The second kappa shape index (κ2) is 7.09. The van der Waals surface area contributed by atoms with Crippen molar-refractivity contribution < 1.29 is 8.42 Å². The highest BCUT2D eigenvalue weighted by molar-refractivity contribution is 7.92. The van der Waals surface area contributed by atoms with Gasteiger partial charge in [0, 0.05) is 32.0 Å². The first-order valence-corrected chi connectivity index (χ1v) is 9.61. The molecule has 2 atom stereocenters. The minimum Gasteiger partial charge on any atom is -0.309 e. The smallest absolute Gasteiger partial charge is 0.265 e. The van der Waals surface area contributed by atoms with E-state index in [9.17, 15) is 8.42 Å². The summed E-state index contributed by atoms with van der Waals surface area (Å²) in [6, 6.07) is 1.67. The van der Waals surface area contributed by atoms with Crippen molar-refractivity contribution in [3.8, 4) is 0 Å². The lowest BCUT2D eigenvalue weighted by molar-refractivity contribution is 0.408. The Hall–Kier alpha value is -0.0600. The molecule has 110 valence electrons. The molecular formula is C10H22N4O2P2S. The van der Waals surface area contributed by atoms with Gasteiger partial charge in [0.2, 0.25) is 0 Å². The number of aryl methyl sites for hydroxylation is 1. The van der Waals surface area contributed by atoms with E-state index in [0.29, 0.717) is 6.29 Å². The fourth-order valence-corrected chi connectivity index (χ4v) is 5.09. The van der Waals surface area contributed by atoms with Gasteiger partial charge in [-0.15, -0.1) is 9.24 Å². The number of aromatic nitrogens is 2. The molecule has 1 aromatic heterocycles. The van der Waals surface area contributed by atoms with Crippen LogP contribution in [0.5, 0.6) is 0 Å². The van der Waals surface area contributed by atoms with E-state index in [1.165, 1.54) is 4.08 Å². The van der Waals surface area contributed by atoms with Crippen LogP contribution in [-0.4, -0.2) is 60.8 Å². The van der Waals surface area contributed by atoms with Gasteiger partial charge in [0.1, 0.15) is 0 Å². The summed E-state index contributed by atoms with van der Waals surface area (Å²) in [6.45, 7) is 2.71. The molecule has 0 aliphatic carbocycles. The van der Waals surface area contributed by atoms with Crippen molar-refractivity contribution in [2.45, 2.75) is 11.4 Å². The lowest BCUT2D eigenvalue weighted by Gasteiger charge is -2.15. The van der Waals surface area contributed by atoms with Gasteiger partial charge in [0.25, 0.3) is 10.0 Å². The summed E-state index contributed by atoms with van der Waals surface area (Å²) in [4.78, 5) is 2.06. The molecule has 6 nitrogen and oxygen atoms in total. The predicted octanol–water partition coefficient (Wildman–Crippen LogP) is 0.571. The molecule has 0 aliphatic heterocycles. The molecule has 0 saturated carbocycles. The van der Waals surface area contributed by atoms with E-state index in [0.717, 1.165) is 18.7 Å². The van der Waals surface area contributed by atoms with E-state index >= 15 is 0 Å². The third kappa shape index (κ3) is 4.20. The Morgan fingerprint density at radius 3 is 2.58 bits per heavy atom. The summed E-state index contributed by atoms with van der Waals surface area (Å²) >= 11 is 0. The minimum atomic E-state index is -3.46. The molecule has 1 rings (SSSR count). The zero-order valence-corrected chi connectivity index (χ0v) is 14.8. The molecule has 0 bridgehead atoms. The van der Waals surface area contributed by atoms with Crippen LogP contribution in [0.1, 0.15) is 5.69 Å². The molecule has 1 aromatic rings. The van der Waals surface area contributed by atoms with Crippen LogP contribution >= 0.6 is 18.0 Å². The molecule has 2 unspecified atom stereocenters. The van der Waals surface area contributed by atoms with Gasteiger partial charge in [-0.05, 0) is 35.6 Å². The lowest BCUT2D eigenvalue weighted by Crippen LogP contribution is -2.22. The Labute approximate surface area is 119 Å². The minimum absolute atomic E-state index is 0.139. The first kappa shape index (κ1) is 17.0. The SMILES string of the molecule is CPN(CP)S(=O)(=O)c1cc(CCN(C)C)n(C)n1. The van der Waals surface area contributed by atoms with Gasteiger partial charge in [0.05, 0.1) is 0 Å². The number of likely N-dealkylation sites (N-methyl/N-ethyl adjacent to an activating group) is 1. The number of nitrogens with zero attached hydrogens (tertiary/aromatic N) is 4. The second-order valence-electron chi connectivity index (χ2n) is 4.41. The maximum Gasteiger partial charge on any atom is 0.265 e. The maximum absolute atomic E-state index is 12.3. The van der Waals surface area contributed by atoms with Crippen molar-refractivity contribution in [3.05, 3.63) is 11.8 Å². The van der Waals surface area contributed by atoms with Crippen LogP contribution in [0.2, 0.25) is 0 Å². The molecule has 0 radical (unpaired) electrons. The Balaban J connectivity index is 3.00. The molecule has 0 N–H and O–H groups in total. The van der Waals surface area contributed by atoms with Crippen LogP contribution in [0.25, 0.3) is 0 Å². The predicted molar refractivity (Wildman–Crippen MR) is 83.3 cm³/mol. The van der Waals surface area contributed by atoms with Crippen molar-refractivity contribution >= 4 is 28.0 Å². The Morgan fingerprint density at radius 2 is 2.11 bits per heavy atom. The van der Waals surface area contributed by atoms with Crippen molar-refractivity contribution in [3.63, 3.8) is 0 Å². The molecular weight excluding hydrogens is 302 g/mol. The van der Waals surface area contributed by atoms with Gasteiger partial charge in [-0.1, -0.05) is 0 Å². The normalized spacial score (nSPS) is 13.2. The quantitative estimate of drug-likeness (QED) is 0.688. The number of sulfonamides is 1. The molecule has 0 amide bonds. The number of hydrogen-bond acceptors (Lipinski definition) is 4. The summed E-state index contributed by atoms with van der Waals surface area (Å²) < 4.78 is 27.7. The fourth-order valence-electron chi connectivity index (χ4n) is 1.60. The lowest BCUT2D eigenvalue weighted by atomic mass is 10.3. The monoisotopic (exact) mass is 324 g/mol. The van der Waals surface area contributed by atoms with Gasteiger partial charge in [-0.25, -0.2) is 8.42 Å². The van der Waals surface area contributed by atoms with Crippen LogP contribution < -0.4 is 0 Å². The average molecular weight is 324 g/mol. The summed E-state index contributed by atoms with van der Waals surface area (Å²) in [5.74, 6) is 0. The van der Waals surface area contributed by atoms with Gasteiger partial charge in [-0.3, -0.25) is 4.68 Å². The van der Waals surface area contributed by atoms with Crippen LogP contribution in [0, 0.1) is 0 Å². The molecule has 0 saturated heterocycles. The number of rotatable bonds is 7. The first-order chi connectivity index (χ1) is 8.82. The van der Waals surface area contributed by atoms with Gasteiger partial charge >= 0.3 is 0 Å². The van der Waals surface area contributed by atoms with Crippen molar-refractivity contribution in [1.29, 1.82) is 0 Å². The van der Waals surface area contributed by atoms with Crippen LogP contribution in [0.15, 0.2) is 11.1 Å². The van der Waals surface area contributed by atoms with E-state index in [4.69, 9.17) is 0 Å². The standard InChI is InChI=1S/C10H22N4O2P2S/c1-12(2)6-5-9-7-10(11-13(9)3)19(15,16)14(8-17)18-4/h7,18H,5-6,8,17H2,1-4H3. The third-order valence-corrected chi connectivity index (χ3v) is 7.14. The van der Waals surface area contributed by atoms with Crippen molar-refractivity contribution in [2.24, 2.45) is 7.05 Å². The van der Waals surface area contributed by atoms with E-state index in [1.807, 2.05) is 20.8 Å². The number of hydrogen-bond donors (Lipinski definition) is 0. The highest BCUT2D eigenvalue weighted by atomic mass is 32.2. The van der Waals surface area contributed by atoms with Crippen molar-refractivity contribution in [2.75, 3.05) is 33.6 Å².